The lowest BCUT2D eigenvalue weighted by Crippen LogP contribution is -2.44. The van der Waals surface area contributed by atoms with Gasteiger partial charge in [0.1, 0.15) is 17.6 Å². The number of benzene rings is 2. The summed E-state index contributed by atoms with van der Waals surface area (Å²) in [6, 6.07) is 13.0. The molecule has 0 spiro atoms. The molecule has 0 aromatic heterocycles. The van der Waals surface area contributed by atoms with Gasteiger partial charge in [-0.3, -0.25) is 9.59 Å². The van der Waals surface area contributed by atoms with E-state index in [-0.39, 0.29) is 17.6 Å². The normalized spacial score (nSPS) is 11.8. The van der Waals surface area contributed by atoms with Gasteiger partial charge < -0.3 is 15.4 Å². The lowest BCUT2D eigenvalue weighted by atomic mass is 10.2. The quantitative estimate of drug-likeness (QED) is 0.352. The molecular formula is C22H25FN2O3S. The Morgan fingerprint density at radius 1 is 1.14 bits per heavy atom. The summed E-state index contributed by atoms with van der Waals surface area (Å²) in [4.78, 5) is 25.0. The molecule has 0 saturated heterocycles. The van der Waals surface area contributed by atoms with Crippen molar-refractivity contribution in [1.82, 2.24) is 10.6 Å². The topological polar surface area (TPSA) is 67.4 Å². The fourth-order valence-electron chi connectivity index (χ4n) is 2.37. The maximum absolute atomic E-state index is 12.9. The van der Waals surface area contributed by atoms with Crippen LogP contribution in [0.1, 0.15) is 18.9 Å². The van der Waals surface area contributed by atoms with Gasteiger partial charge in [0.25, 0.3) is 0 Å². The average molecular weight is 417 g/mol. The molecule has 0 aliphatic heterocycles. The fraction of sp³-hybridized carbons (Fsp3) is 0.273. The Labute approximate surface area is 174 Å². The molecule has 5 nitrogen and oxygen atoms in total. The van der Waals surface area contributed by atoms with Crippen molar-refractivity contribution in [3.8, 4) is 5.75 Å². The molecule has 2 rings (SSSR count). The summed E-state index contributed by atoms with van der Waals surface area (Å²) in [6.07, 6.45) is 3.84. The van der Waals surface area contributed by atoms with E-state index < -0.39 is 6.04 Å². The van der Waals surface area contributed by atoms with E-state index in [1.165, 1.54) is 18.2 Å². The zero-order chi connectivity index (χ0) is 21.1. The van der Waals surface area contributed by atoms with Gasteiger partial charge in [-0.05, 0) is 67.1 Å². The van der Waals surface area contributed by atoms with Crippen molar-refractivity contribution in [2.45, 2.75) is 24.3 Å². The molecule has 0 saturated carbocycles. The van der Waals surface area contributed by atoms with Crippen LogP contribution < -0.4 is 15.4 Å². The number of methoxy groups -OCH3 is 1. The standard InChI is InChI=1S/C22H25FN2O3S/c1-16(25-21(26)13-6-17-4-9-19(28-2)10-5-17)22(27)24-14-3-15-29-20-11-7-18(23)8-12-20/h4-13,16H,3,14-15H2,1-2H3,(H,24,27)(H,25,26)/b13-6+. The van der Waals surface area contributed by atoms with Gasteiger partial charge in [0.2, 0.25) is 11.8 Å². The van der Waals surface area contributed by atoms with E-state index in [0.29, 0.717) is 6.54 Å². The number of halogens is 1. The molecule has 2 N–H and O–H groups in total. The number of carbonyl (C=O) groups is 2. The molecule has 2 aromatic carbocycles. The van der Waals surface area contributed by atoms with Crippen LogP contribution in [0.4, 0.5) is 4.39 Å². The first kappa shape index (κ1) is 22.5. The van der Waals surface area contributed by atoms with E-state index in [2.05, 4.69) is 10.6 Å². The monoisotopic (exact) mass is 416 g/mol. The van der Waals surface area contributed by atoms with Crippen LogP contribution in [0.2, 0.25) is 0 Å². The molecule has 0 aliphatic rings. The summed E-state index contributed by atoms with van der Waals surface area (Å²) in [6.45, 7) is 2.15. The second-order valence-electron chi connectivity index (χ2n) is 6.28. The Morgan fingerprint density at radius 2 is 1.83 bits per heavy atom. The van der Waals surface area contributed by atoms with Crippen LogP contribution in [0, 0.1) is 5.82 Å². The highest BCUT2D eigenvalue weighted by molar-refractivity contribution is 7.99. The Hall–Kier alpha value is -2.80. The third kappa shape index (κ3) is 8.39. The minimum absolute atomic E-state index is 0.233. The Balaban J connectivity index is 1.64. The first-order valence-electron chi connectivity index (χ1n) is 9.26. The van der Waals surface area contributed by atoms with Crippen molar-refractivity contribution in [2.75, 3.05) is 19.4 Å². The van der Waals surface area contributed by atoms with Gasteiger partial charge in [-0.1, -0.05) is 12.1 Å². The van der Waals surface area contributed by atoms with Crippen LogP contribution in [-0.4, -0.2) is 37.3 Å². The third-order valence-electron chi connectivity index (χ3n) is 4.00. The SMILES string of the molecule is COc1ccc(/C=C/C(=O)NC(C)C(=O)NCCCSc2ccc(F)cc2)cc1. The number of thioether (sulfide) groups is 1. The molecule has 2 amide bonds. The van der Waals surface area contributed by atoms with Gasteiger partial charge in [0, 0.05) is 17.5 Å². The number of hydrogen-bond donors (Lipinski definition) is 2. The Bertz CT molecular complexity index is 823. The van der Waals surface area contributed by atoms with E-state index in [0.717, 1.165) is 28.4 Å². The number of carbonyl (C=O) groups excluding carboxylic acids is 2. The molecule has 0 fully saturated rings. The smallest absolute Gasteiger partial charge is 0.244 e. The minimum atomic E-state index is -0.632. The molecule has 154 valence electrons. The highest BCUT2D eigenvalue weighted by Gasteiger charge is 2.13. The van der Waals surface area contributed by atoms with Crippen LogP contribution in [0.5, 0.6) is 5.75 Å². The zero-order valence-corrected chi connectivity index (χ0v) is 17.3. The highest BCUT2D eigenvalue weighted by atomic mass is 32.2. The van der Waals surface area contributed by atoms with Gasteiger partial charge in [-0.15, -0.1) is 11.8 Å². The molecule has 29 heavy (non-hydrogen) atoms. The van der Waals surface area contributed by atoms with E-state index >= 15 is 0 Å². The van der Waals surface area contributed by atoms with E-state index in [4.69, 9.17) is 4.74 Å². The predicted molar refractivity (Wildman–Crippen MR) is 114 cm³/mol. The van der Waals surface area contributed by atoms with Crippen LogP contribution >= 0.6 is 11.8 Å². The maximum atomic E-state index is 12.9. The van der Waals surface area contributed by atoms with Crippen molar-refractivity contribution < 1.29 is 18.7 Å². The molecule has 0 bridgehead atoms. The molecular weight excluding hydrogens is 391 g/mol. The van der Waals surface area contributed by atoms with Crippen LogP contribution in [0.25, 0.3) is 6.08 Å². The maximum Gasteiger partial charge on any atom is 0.244 e. The lowest BCUT2D eigenvalue weighted by Gasteiger charge is -2.13. The van der Waals surface area contributed by atoms with E-state index in [9.17, 15) is 14.0 Å². The molecule has 7 heteroatoms. The van der Waals surface area contributed by atoms with E-state index in [1.807, 2.05) is 24.3 Å². The van der Waals surface area contributed by atoms with Crippen LogP contribution in [0.15, 0.2) is 59.5 Å². The van der Waals surface area contributed by atoms with Crippen molar-refractivity contribution in [2.24, 2.45) is 0 Å². The Morgan fingerprint density at radius 3 is 2.48 bits per heavy atom. The number of ether oxygens (including phenoxy) is 1. The summed E-state index contributed by atoms with van der Waals surface area (Å²) >= 11 is 1.60. The number of nitrogens with one attached hydrogen (secondary N) is 2. The van der Waals surface area contributed by atoms with Gasteiger partial charge in [0.05, 0.1) is 7.11 Å². The van der Waals surface area contributed by atoms with Gasteiger partial charge in [-0.2, -0.15) is 0 Å². The summed E-state index contributed by atoms with van der Waals surface area (Å²) in [7, 11) is 1.59. The molecule has 2 aromatic rings. The van der Waals surface area contributed by atoms with Crippen molar-refractivity contribution in [1.29, 1.82) is 0 Å². The summed E-state index contributed by atoms with van der Waals surface area (Å²) < 4.78 is 17.9. The number of rotatable bonds is 10. The minimum Gasteiger partial charge on any atom is -0.497 e. The molecule has 1 atom stereocenters. The molecule has 1 unspecified atom stereocenters. The lowest BCUT2D eigenvalue weighted by molar-refractivity contribution is -0.126. The van der Waals surface area contributed by atoms with Crippen molar-refractivity contribution in [3.05, 3.63) is 66.0 Å². The summed E-state index contributed by atoms with van der Waals surface area (Å²) in [5, 5.41) is 5.45. The van der Waals surface area contributed by atoms with Crippen molar-refractivity contribution >= 4 is 29.7 Å². The van der Waals surface area contributed by atoms with Gasteiger partial charge in [-0.25, -0.2) is 4.39 Å². The largest absolute Gasteiger partial charge is 0.497 e. The fourth-order valence-corrected chi connectivity index (χ4v) is 3.22. The first-order valence-corrected chi connectivity index (χ1v) is 10.2. The second kappa shape index (κ2) is 11.9. The average Bonchev–Trinajstić information content (AvgIpc) is 2.73. The van der Waals surface area contributed by atoms with Crippen molar-refractivity contribution in [3.63, 3.8) is 0 Å². The number of amides is 2. The predicted octanol–water partition coefficient (Wildman–Crippen LogP) is 3.65. The van der Waals surface area contributed by atoms with Gasteiger partial charge >= 0.3 is 0 Å². The first-order chi connectivity index (χ1) is 14.0. The highest BCUT2D eigenvalue weighted by Crippen LogP contribution is 2.18. The van der Waals surface area contributed by atoms with E-state index in [1.54, 1.807) is 44.0 Å². The molecule has 0 radical (unpaired) electrons. The van der Waals surface area contributed by atoms with Gasteiger partial charge in [0.15, 0.2) is 0 Å². The second-order valence-corrected chi connectivity index (χ2v) is 7.45. The van der Waals surface area contributed by atoms with Crippen LogP contribution in [0.3, 0.4) is 0 Å². The summed E-state index contributed by atoms with van der Waals surface area (Å²) in [5.74, 6) is 0.722. The molecule has 0 heterocycles. The summed E-state index contributed by atoms with van der Waals surface area (Å²) in [5.41, 5.74) is 0.858. The third-order valence-corrected chi connectivity index (χ3v) is 5.10. The Kier molecular flexibility index (Phi) is 9.24. The van der Waals surface area contributed by atoms with Crippen LogP contribution in [-0.2, 0) is 9.59 Å². The zero-order valence-electron chi connectivity index (χ0n) is 16.5. The molecule has 0 aliphatic carbocycles. The number of hydrogen-bond acceptors (Lipinski definition) is 4.